The third-order valence-electron chi connectivity index (χ3n) is 3.36. The molecule has 4 nitrogen and oxygen atoms in total. The van der Waals surface area contributed by atoms with Crippen molar-refractivity contribution in [3.8, 4) is 0 Å². The van der Waals surface area contributed by atoms with Gasteiger partial charge in [0, 0.05) is 22.2 Å². The Hall–Kier alpha value is -0.670. The Labute approximate surface area is 153 Å². The van der Waals surface area contributed by atoms with Crippen LogP contribution >= 0.6 is 46.6 Å². The Morgan fingerprint density at radius 3 is 2.82 bits per heavy atom. The van der Waals surface area contributed by atoms with Gasteiger partial charge in [-0.3, -0.25) is 14.5 Å². The van der Waals surface area contributed by atoms with Crippen LogP contribution in [0.15, 0.2) is 18.2 Å². The van der Waals surface area contributed by atoms with Crippen molar-refractivity contribution in [3.63, 3.8) is 0 Å². The lowest BCUT2D eigenvalue weighted by molar-refractivity contribution is -0.126. The van der Waals surface area contributed by atoms with Crippen molar-refractivity contribution in [1.29, 1.82) is 0 Å². The molecule has 2 amide bonds. The maximum absolute atomic E-state index is 12.0. The van der Waals surface area contributed by atoms with Gasteiger partial charge >= 0.3 is 0 Å². The smallest absolute Gasteiger partial charge is 0.241 e. The summed E-state index contributed by atoms with van der Waals surface area (Å²) in [7, 11) is 0. The van der Waals surface area contributed by atoms with Gasteiger partial charge in [-0.05, 0) is 66.6 Å². The molecule has 1 heterocycles. The summed E-state index contributed by atoms with van der Waals surface area (Å²) in [5.74, 6) is 0.00598. The van der Waals surface area contributed by atoms with E-state index in [0.717, 1.165) is 14.8 Å². The molecule has 7 heteroatoms. The Morgan fingerprint density at radius 2 is 2.23 bits per heavy atom. The maximum atomic E-state index is 12.0. The molecule has 118 valence electrons. The molecule has 1 saturated heterocycles. The third kappa shape index (κ3) is 4.42. The highest BCUT2D eigenvalue weighted by molar-refractivity contribution is 14.1. The van der Waals surface area contributed by atoms with Crippen molar-refractivity contribution in [1.82, 2.24) is 4.90 Å². The standard InChI is InChI=1S/C15H17IN2O2S2/c1-9-8-11(16)5-6-12(9)17-13(19)4-3-7-18-14(20)10(2)22-15(18)21/h5-6,8,10H,3-4,7H2,1-2H3,(H,17,19). The molecule has 1 atom stereocenters. The number of amides is 2. The number of carbonyl (C=O) groups is 2. The van der Waals surface area contributed by atoms with Crippen LogP contribution in [0.4, 0.5) is 5.69 Å². The monoisotopic (exact) mass is 448 g/mol. The second-order valence-electron chi connectivity index (χ2n) is 5.13. The molecule has 0 saturated carbocycles. The average molecular weight is 448 g/mol. The van der Waals surface area contributed by atoms with Crippen molar-refractivity contribution >= 4 is 68.4 Å². The van der Waals surface area contributed by atoms with Gasteiger partial charge in [-0.1, -0.05) is 24.0 Å². The van der Waals surface area contributed by atoms with Gasteiger partial charge in [0.15, 0.2) is 0 Å². The summed E-state index contributed by atoms with van der Waals surface area (Å²) in [6, 6.07) is 5.89. The summed E-state index contributed by atoms with van der Waals surface area (Å²) in [6.07, 6.45) is 0.977. The highest BCUT2D eigenvalue weighted by atomic mass is 127. The van der Waals surface area contributed by atoms with Gasteiger partial charge < -0.3 is 5.32 Å². The van der Waals surface area contributed by atoms with Crippen molar-refractivity contribution in [2.45, 2.75) is 31.9 Å². The second kappa shape index (κ2) is 7.74. The quantitative estimate of drug-likeness (QED) is 0.553. The zero-order chi connectivity index (χ0) is 16.3. The van der Waals surface area contributed by atoms with Gasteiger partial charge in [-0.15, -0.1) is 0 Å². The van der Waals surface area contributed by atoms with E-state index in [0.29, 0.717) is 23.7 Å². The number of nitrogens with zero attached hydrogens (tertiary/aromatic N) is 1. The van der Waals surface area contributed by atoms with Gasteiger partial charge in [-0.2, -0.15) is 0 Å². The van der Waals surface area contributed by atoms with Crippen LogP contribution in [0.25, 0.3) is 0 Å². The lowest BCUT2D eigenvalue weighted by Crippen LogP contribution is -2.32. The molecule has 1 aromatic rings. The Kier molecular flexibility index (Phi) is 6.22. The molecule has 1 unspecified atom stereocenters. The van der Waals surface area contributed by atoms with Crippen molar-refractivity contribution < 1.29 is 9.59 Å². The first-order valence-corrected chi connectivity index (χ1v) is 9.33. The maximum Gasteiger partial charge on any atom is 0.241 e. The number of aryl methyl sites for hydroxylation is 1. The summed E-state index contributed by atoms with van der Waals surface area (Å²) in [5.41, 5.74) is 1.88. The molecule has 0 spiro atoms. The van der Waals surface area contributed by atoms with E-state index in [2.05, 4.69) is 27.9 Å². The van der Waals surface area contributed by atoms with E-state index in [9.17, 15) is 9.59 Å². The van der Waals surface area contributed by atoms with Crippen LogP contribution in [-0.2, 0) is 9.59 Å². The zero-order valence-corrected chi connectivity index (χ0v) is 16.2. The molecule has 1 aliphatic rings. The molecule has 1 aromatic carbocycles. The SMILES string of the molecule is Cc1cc(I)ccc1NC(=O)CCCN1C(=O)C(C)SC1=S. The second-order valence-corrected chi connectivity index (χ2v) is 8.35. The first kappa shape index (κ1) is 17.7. The number of carbonyl (C=O) groups excluding carboxylic acids is 2. The number of hydrogen-bond donors (Lipinski definition) is 1. The third-order valence-corrected chi connectivity index (χ3v) is 5.52. The number of thioether (sulfide) groups is 1. The van der Waals surface area contributed by atoms with Crippen molar-refractivity contribution in [3.05, 3.63) is 27.3 Å². The number of nitrogens with one attached hydrogen (secondary N) is 1. The number of halogens is 1. The Morgan fingerprint density at radius 1 is 1.50 bits per heavy atom. The van der Waals surface area contributed by atoms with E-state index in [1.165, 1.54) is 11.8 Å². The lowest BCUT2D eigenvalue weighted by atomic mass is 10.2. The fourth-order valence-electron chi connectivity index (χ4n) is 2.15. The summed E-state index contributed by atoms with van der Waals surface area (Å²) in [4.78, 5) is 25.5. The number of anilines is 1. The minimum Gasteiger partial charge on any atom is -0.326 e. The molecule has 1 N–H and O–H groups in total. The normalized spacial score (nSPS) is 18.0. The van der Waals surface area contributed by atoms with Crippen LogP contribution in [0.5, 0.6) is 0 Å². The molecule has 0 aliphatic carbocycles. The predicted octanol–water partition coefficient (Wildman–Crippen LogP) is 3.57. The van der Waals surface area contributed by atoms with E-state index in [1.54, 1.807) is 4.90 Å². The van der Waals surface area contributed by atoms with Crippen LogP contribution in [0.1, 0.15) is 25.3 Å². The number of rotatable bonds is 5. The first-order valence-electron chi connectivity index (χ1n) is 6.96. The molecule has 0 aromatic heterocycles. The summed E-state index contributed by atoms with van der Waals surface area (Å²) in [5, 5.41) is 2.81. The predicted molar refractivity (Wildman–Crippen MR) is 103 cm³/mol. The summed E-state index contributed by atoms with van der Waals surface area (Å²) in [6.45, 7) is 4.33. The number of thiocarbonyl (C=S) groups is 1. The van der Waals surface area contributed by atoms with Crippen LogP contribution in [0.3, 0.4) is 0 Å². The van der Waals surface area contributed by atoms with Crippen LogP contribution in [0.2, 0.25) is 0 Å². The van der Waals surface area contributed by atoms with Crippen molar-refractivity contribution in [2.75, 3.05) is 11.9 Å². The summed E-state index contributed by atoms with van der Waals surface area (Å²) >= 11 is 8.82. The largest absolute Gasteiger partial charge is 0.326 e. The van der Waals surface area contributed by atoms with Gasteiger partial charge in [0.1, 0.15) is 4.32 Å². The van der Waals surface area contributed by atoms with E-state index >= 15 is 0 Å². The first-order chi connectivity index (χ1) is 10.4. The Bertz CT molecular complexity index is 622. The van der Waals surface area contributed by atoms with Crippen LogP contribution < -0.4 is 5.32 Å². The molecule has 1 fully saturated rings. The van der Waals surface area contributed by atoms with Gasteiger partial charge in [0.2, 0.25) is 11.8 Å². The lowest BCUT2D eigenvalue weighted by Gasteiger charge is -2.15. The highest BCUT2D eigenvalue weighted by Crippen LogP contribution is 2.27. The fraction of sp³-hybridized carbons (Fsp3) is 0.400. The minimum atomic E-state index is -0.101. The molecule has 2 rings (SSSR count). The van der Waals surface area contributed by atoms with E-state index < -0.39 is 0 Å². The summed E-state index contributed by atoms with van der Waals surface area (Å²) < 4.78 is 1.76. The zero-order valence-electron chi connectivity index (χ0n) is 12.4. The van der Waals surface area contributed by atoms with Crippen LogP contribution in [0, 0.1) is 10.5 Å². The molecular weight excluding hydrogens is 431 g/mol. The van der Waals surface area contributed by atoms with E-state index in [4.69, 9.17) is 12.2 Å². The van der Waals surface area contributed by atoms with E-state index in [1.807, 2.05) is 32.0 Å². The van der Waals surface area contributed by atoms with Crippen molar-refractivity contribution in [2.24, 2.45) is 0 Å². The molecule has 0 radical (unpaired) electrons. The fourth-order valence-corrected chi connectivity index (χ4v) is 4.25. The number of hydrogen-bond acceptors (Lipinski definition) is 4. The van der Waals surface area contributed by atoms with Gasteiger partial charge in [0.25, 0.3) is 0 Å². The minimum absolute atomic E-state index is 0.0393. The molecule has 22 heavy (non-hydrogen) atoms. The Balaban J connectivity index is 1.81. The average Bonchev–Trinajstić information content (AvgIpc) is 2.68. The molecule has 0 bridgehead atoms. The van der Waals surface area contributed by atoms with Gasteiger partial charge in [0.05, 0.1) is 5.25 Å². The molecular formula is C15H17IN2O2S2. The highest BCUT2D eigenvalue weighted by Gasteiger charge is 2.33. The number of benzene rings is 1. The molecule has 1 aliphatic heterocycles. The van der Waals surface area contributed by atoms with Crippen LogP contribution in [-0.4, -0.2) is 32.8 Å². The van der Waals surface area contributed by atoms with E-state index in [-0.39, 0.29) is 17.1 Å². The van der Waals surface area contributed by atoms with Gasteiger partial charge in [-0.25, -0.2) is 0 Å². The topological polar surface area (TPSA) is 49.4 Å².